The van der Waals surface area contributed by atoms with Gasteiger partial charge in [0.15, 0.2) is 0 Å². The average molecular weight is 347 g/mol. The lowest BCUT2D eigenvalue weighted by Crippen LogP contribution is -2.14. The zero-order valence-corrected chi connectivity index (χ0v) is 14.8. The predicted octanol–water partition coefficient (Wildman–Crippen LogP) is 3.52. The van der Waals surface area contributed by atoms with Gasteiger partial charge in [-0.3, -0.25) is 4.79 Å². The number of nitrogens with zero attached hydrogens (tertiary/aromatic N) is 2. The van der Waals surface area contributed by atoms with E-state index >= 15 is 0 Å². The van der Waals surface area contributed by atoms with Gasteiger partial charge < -0.3 is 14.5 Å². The third-order valence-electron chi connectivity index (χ3n) is 3.86. The Balaban J connectivity index is 1.82. The van der Waals surface area contributed by atoms with Gasteiger partial charge in [0.05, 0.1) is 12.8 Å². The van der Waals surface area contributed by atoms with E-state index in [-0.39, 0.29) is 12.0 Å². The van der Waals surface area contributed by atoms with Crippen molar-refractivity contribution >= 4 is 11.6 Å². The van der Waals surface area contributed by atoms with Crippen molar-refractivity contribution in [3.05, 3.63) is 34.8 Å². The fourth-order valence-electron chi connectivity index (χ4n) is 2.48. The van der Waals surface area contributed by atoms with Crippen molar-refractivity contribution < 1.29 is 13.9 Å². The molecule has 0 aliphatic heterocycles. The molecule has 0 aliphatic rings. The van der Waals surface area contributed by atoms with Crippen molar-refractivity contribution in [2.75, 3.05) is 12.4 Å². The molecule has 1 aromatic heterocycles. The Morgan fingerprint density at radius 3 is 2.48 bits per heavy atom. The standard InChI is InChI=1S/C18H25N3O4/c1-3-4-5-6-7-8-9-16(22)19-14-10-12-15(13-11-14)21-18(23)25-17(20-21)24-2/h10-13H,3-9H2,1-2H3,(H,19,22). The van der Waals surface area contributed by atoms with E-state index in [1.165, 1.54) is 32.8 Å². The molecule has 0 saturated carbocycles. The van der Waals surface area contributed by atoms with Gasteiger partial charge in [-0.2, -0.15) is 4.68 Å². The summed E-state index contributed by atoms with van der Waals surface area (Å²) in [5, 5.41) is 6.75. The molecule has 0 fully saturated rings. The average Bonchev–Trinajstić information content (AvgIpc) is 2.99. The van der Waals surface area contributed by atoms with E-state index in [2.05, 4.69) is 17.3 Å². The summed E-state index contributed by atoms with van der Waals surface area (Å²) in [5.41, 5.74) is 1.22. The number of hydrogen-bond donors (Lipinski definition) is 1. The van der Waals surface area contributed by atoms with Crippen LogP contribution in [-0.2, 0) is 4.79 Å². The van der Waals surface area contributed by atoms with Gasteiger partial charge >= 0.3 is 11.8 Å². The molecule has 1 amide bonds. The van der Waals surface area contributed by atoms with Crippen LogP contribution in [0.15, 0.2) is 33.5 Å². The molecule has 0 aliphatic carbocycles. The van der Waals surface area contributed by atoms with E-state index in [9.17, 15) is 9.59 Å². The maximum absolute atomic E-state index is 11.9. The number of amides is 1. The number of methoxy groups -OCH3 is 1. The van der Waals surface area contributed by atoms with Crippen LogP contribution >= 0.6 is 0 Å². The SMILES string of the molecule is CCCCCCCCC(=O)Nc1ccc(-n2nc(OC)oc2=O)cc1. The normalized spacial score (nSPS) is 10.6. The molecule has 2 aromatic rings. The summed E-state index contributed by atoms with van der Waals surface area (Å²) >= 11 is 0. The van der Waals surface area contributed by atoms with Crippen LogP contribution in [0, 0.1) is 0 Å². The Morgan fingerprint density at radius 2 is 1.84 bits per heavy atom. The van der Waals surface area contributed by atoms with Crippen molar-refractivity contribution in [1.29, 1.82) is 0 Å². The molecule has 0 unspecified atom stereocenters. The van der Waals surface area contributed by atoms with Crippen LogP contribution in [0.3, 0.4) is 0 Å². The topological polar surface area (TPSA) is 86.4 Å². The highest BCUT2D eigenvalue weighted by atomic mass is 16.6. The quantitative estimate of drug-likeness (QED) is 0.665. The van der Waals surface area contributed by atoms with Gasteiger partial charge in [0.1, 0.15) is 0 Å². The molecule has 25 heavy (non-hydrogen) atoms. The molecule has 1 heterocycles. The number of rotatable bonds is 10. The first-order valence-electron chi connectivity index (χ1n) is 8.68. The molecule has 0 radical (unpaired) electrons. The number of unbranched alkanes of at least 4 members (excludes halogenated alkanes) is 5. The number of benzene rings is 1. The summed E-state index contributed by atoms with van der Waals surface area (Å²) < 4.78 is 10.7. The summed E-state index contributed by atoms with van der Waals surface area (Å²) in [6, 6.07) is 6.82. The number of anilines is 1. The molecule has 1 N–H and O–H groups in total. The third kappa shape index (κ3) is 5.77. The third-order valence-corrected chi connectivity index (χ3v) is 3.86. The fourth-order valence-corrected chi connectivity index (χ4v) is 2.48. The Kier molecular flexibility index (Phi) is 7.25. The maximum Gasteiger partial charge on any atom is 0.444 e. The monoisotopic (exact) mass is 347 g/mol. The molecule has 0 spiro atoms. The lowest BCUT2D eigenvalue weighted by molar-refractivity contribution is -0.116. The summed E-state index contributed by atoms with van der Waals surface area (Å²) in [5.74, 6) is -0.625. The van der Waals surface area contributed by atoms with E-state index in [4.69, 9.17) is 9.15 Å². The minimum Gasteiger partial charge on any atom is -0.452 e. The van der Waals surface area contributed by atoms with E-state index in [1.54, 1.807) is 24.3 Å². The first-order chi connectivity index (χ1) is 12.1. The Morgan fingerprint density at radius 1 is 1.16 bits per heavy atom. The summed E-state index contributed by atoms with van der Waals surface area (Å²) in [4.78, 5) is 23.6. The van der Waals surface area contributed by atoms with Crippen LogP contribution in [0.25, 0.3) is 5.69 Å². The van der Waals surface area contributed by atoms with Crippen LogP contribution in [-0.4, -0.2) is 22.8 Å². The Labute approximate surface area is 147 Å². The number of carbonyl (C=O) groups is 1. The highest BCUT2D eigenvalue weighted by molar-refractivity contribution is 5.90. The molecule has 136 valence electrons. The maximum atomic E-state index is 11.9. The zero-order chi connectivity index (χ0) is 18.1. The van der Waals surface area contributed by atoms with Crippen molar-refractivity contribution in [1.82, 2.24) is 9.78 Å². The van der Waals surface area contributed by atoms with Gasteiger partial charge in [-0.05, 0) is 30.7 Å². The number of aromatic nitrogens is 2. The van der Waals surface area contributed by atoms with Gasteiger partial charge in [-0.15, -0.1) is 0 Å². The second-order valence-corrected chi connectivity index (χ2v) is 5.86. The van der Waals surface area contributed by atoms with E-state index in [0.29, 0.717) is 17.8 Å². The van der Waals surface area contributed by atoms with Crippen LogP contribution in [0.5, 0.6) is 6.08 Å². The smallest absolute Gasteiger partial charge is 0.444 e. The van der Waals surface area contributed by atoms with Crippen LogP contribution < -0.4 is 15.8 Å². The first-order valence-corrected chi connectivity index (χ1v) is 8.68. The number of carbonyl (C=O) groups excluding carboxylic acids is 1. The number of nitrogens with one attached hydrogen (secondary N) is 1. The second kappa shape index (κ2) is 9.66. The molecular weight excluding hydrogens is 322 g/mol. The van der Waals surface area contributed by atoms with Crippen LogP contribution in [0.4, 0.5) is 5.69 Å². The lowest BCUT2D eigenvalue weighted by Gasteiger charge is -2.06. The summed E-state index contributed by atoms with van der Waals surface area (Å²) in [6.45, 7) is 2.19. The van der Waals surface area contributed by atoms with Crippen molar-refractivity contribution in [3.8, 4) is 11.8 Å². The number of ether oxygens (including phenoxy) is 1. The molecule has 0 saturated heterocycles. The largest absolute Gasteiger partial charge is 0.452 e. The van der Waals surface area contributed by atoms with Gasteiger partial charge in [0, 0.05) is 12.1 Å². The van der Waals surface area contributed by atoms with Crippen molar-refractivity contribution in [2.24, 2.45) is 0 Å². The Bertz CT molecular complexity index is 719. The molecule has 1 aromatic carbocycles. The second-order valence-electron chi connectivity index (χ2n) is 5.86. The molecule has 0 bridgehead atoms. The van der Waals surface area contributed by atoms with E-state index < -0.39 is 5.76 Å². The summed E-state index contributed by atoms with van der Waals surface area (Å²) in [7, 11) is 1.37. The highest BCUT2D eigenvalue weighted by Gasteiger charge is 2.10. The van der Waals surface area contributed by atoms with Gasteiger partial charge in [0.25, 0.3) is 0 Å². The molecule has 2 rings (SSSR count). The molecular formula is C18H25N3O4. The number of hydrogen-bond acceptors (Lipinski definition) is 5. The van der Waals surface area contributed by atoms with Crippen molar-refractivity contribution in [3.63, 3.8) is 0 Å². The molecule has 7 heteroatoms. The van der Waals surface area contributed by atoms with Crippen LogP contribution in [0.2, 0.25) is 0 Å². The van der Waals surface area contributed by atoms with Gasteiger partial charge in [-0.25, -0.2) is 4.79 Å². The molecule has 7 nitrogen and oxygen atoms in total. The zero-order valence-electron chi connectivity index (χ0n) is 14.8. The fraction of sp³-hybridized carbons (Fsp3) is 0.500. The predicted molar refractivity (Wildman–Crippen MR) is 95.3 cm³/mol. The lowest BCUT2D eigenvalue weighted by atomic mass is 10.1. The van der Waals surface area contributed by atoms with E-state index in [0.717, 1.165) is 17.5 Å². The van der Waals surface area contributed by atoms with E-state index in [1.807, 2.05) is 0 Å². The summed E-state index contributed by atoms with van der Waals surface area (Å²) in [6.07, 6.45) is 7.33. The minimum atomic E-state index is -0.628. The first kappa shape index (κ1) is 18.8. The van der Waals surface area contributed by atoms with Crippen molar-refractivity contribution in [2.45, 2.75) is 51.9 Å². The van der Waals surface area contributed by atoms with Crippen LogP contribution in [0.1, 0.15) is 51.9 Å². The molecule has 0 atom stereocenters. The Hall–Kier alpha value is -2.57. The minimum absolute atomic E-state index is 0.00325. The van der Waals surface area contributed by atoms with Gasteiger partial charge in [0.2, 0.25) is 5.91 Å². The van der Waals surface area contributed by atoms with Gasteiger partial charge in [-0.1, -0.05) is 44.1 Å². The highest BCUT2D eigenvalue weighted by Crippen LogP contribution is 2.14.